The number of nitrogens with one attached hydrogen (secondary N) is 1. The summed E-state index contributed by atoms with van der Waals surface area (Å²) in [6.07, 6.45) is 0. The monoisotopic (exact) mass is 455 g/mol. The minimum atomic E-state index is -0.272. The van der Waals surface area contributed by atoms with E-state index in [1.807, 2.05) is 49.4 Å². The Morgan fingerprint density at radius 3 is 2.25 bits per heavy atom. The number of carbonyl (C=O) groups is 1. The zero-order valence-electron chi connectivity index (χ0n) is 18.3. The molecule has 0 aliphatic rings. The highest BCUT2D eigenvalue weighted by Gasteiger charge is 2.15. The summed E-state index contributed by atoms with van der Waals surface area (Å²) in [5.74, 6) is 1.67. The fourth-order valence-electron chi connectivity index (χ4n) is 2.93. The van der Waals surface area contributed by atoms with Crippen molar-refractivity contribution in [3.63, 3.8) is 0 Å². The van der Waals surface area contributed by atoms with Crippen LogP contribution in [0.2, 0.25) is 0 Å². The highest BCUT2D eigenvalue weighted by atomic mass is 32.2. The molecule has 0 unspecified atom stereocenters. The molecule has 1 N–H and O–H groups in total. The summed E-state index contributed by atoms with van der Waals surface area (Å²) in [5, 5.41) is 2.69. The SMILES string of the molecule is COc1ccc(S[C@@H](C)C(=O)NCc2ccc(OCc3ccc(F)cc3)cc2)cc1OC. The highest BCUT2D eigenvalue weighted by Crippen LogP contribution is 2.33. The molecular weight excluding hydrogens is 429 g/mol. The van der Waals surface area contributed by atoms with E-state index in [2.05, 4.69) is 5.32 Å². The second kappa shape index (κ2) is 11.4. The van der Waals surface area contributed by atoms with E-state index in [1.54, 1.807) is 26.4 Å². The van der Waals surface area contributed by atoms with Gasteiger partial charge in [0.15, 0.2) is 11.5 Å². The first-order chi connectivity index (χ1) is 15.5. The van der Waals surface area contributed by atoms with E-state index in [0.29, 0.717) is 30.4 Å². The van der Waals surface area contributed by atoms with Gasteiger partial charge in [-0.15, -0.1) is 11.8 Å². The zero-order valence-corrected chi connectivity index (χ0v) is 19.1. The molecule has 0 saturated heterocycles. The Labute approximate surface area is 191 Å². The van der Waals surface area contributed by atoms with E-state index in [4.69, 9.17) is 14.2 Å². The van der Waals surface area contributed by atoms with Crippen LogP contribution in [0.1, 0.15) is 18.1 Å². The number of halogens is 1. The molecule has 5 nitrogen and oxygen atoms in total. The lowest BCUT2D eigenvalue weighted by molar-refractivity contribution is -0.120. The van der Waals surface area contributed by atoms with Crippen molar-refractivity contribution in [2.75, 3.05) is 14.2 Å². The molecule has 0 aromatic heterocycles. The van der Waals surface area contributed by atoms with Gasteiger partial charge in [0.1, 0.15) is 18.2 Å². The van der Waals surface area contributed by atoms with Crippen molar-refractivity contribution in [3.8, 4) is 17.2 Å². The summed E-state index contributed by atoms with van der Waals surface area (Å²) in [6.45, 7) is 2.65. The molecule has 0 bridgehead atoms. The maximum Gasteiger partial charge on any atom is 0.233 e. The topological polar surface area (TPSA) is 56.8 Å². The van der Waals surface area contributed by atoms with Crippen molar-refractivity contribution >= 4 is 17.7 Å². The number of rotatable bonds is 10. The van der Waals surface area contributed by atoms with Crippen LogP contribution in [0.25, 0.3) is 0 Å². The quantitative estimate of drug-likeness (QED) is 0.425. The van der Waals surface area contributed by atoms with E-state index in [0.717, 1.165) is 16.0 Å². The molecule has 32 heavy (non-hydrogen) atoms. The molecule has 3 rings (SSSR count). The molecule has 0 aliphatic heterocycles. The van der Waals surface area contributed by atoms with Gasteiger partial charge in [0.25, 0.3) is 0 Å². The van der Waals surface area contributed by atoms with Crippen LogP contribution in [0, 0.1) is 5.82 Å². The van der Waals surface area contributed by atoms with E-state index in [9.17, 15) is 9.18 Å². The molecule has 0 aliphatic carbocycles. The summed E-state index contributed by atoms with van der Waals surface area (Å²) >= 11 is 1.45. The maximum absolute atomic E-state index is 13.0. The molecule has 7 heteroatoms. The third-order valence-electron chi connectivity index (χ3n) is 4.75. The zero-order chi connectivity index (χ0) is 22.9. The Bertz CT molecular complexity index is 1030. The summed E-state index contributed by atoms with van der Waals surface area (Å²) < 4.78 is 29.2. The molecule has 0 spiro atoms. The second-order valence-electron chi connectivity index (χ2n) is 7.05. The van der Waals surface area contributed by atoms with Gasteiger partial charge in [-0.3, -0.25) is 4.79 Å². The Balaban J connectivity index is 1.47. The van der Waals surface area contributed by atoms with Crippen molar-refractivity contribution in [2.45, 2.75) is 30.2 Å². The normalized spacial score (nSPS) is 11.5. The Morgan fingerprint density at radius 2 is 1.59 bits per heavy atom. The van der Waals surface area contributed by atoms with Crippen molar-refractivity contribution in [2.24, 2.45) is 0 Å². The standard InChI is InChI=1S/C25H26FNO4S/c1-17(32-22-12-13-23(29-2)24(14-22)30-3)25(28)27-15-18-6-10-21(11-7-18)31-16-19-4-8-20(26)9-5-19/h4-14,17H,15-16H2,1-3H3,(H,27,28)/t17-/m0/s1. The van der Waals surface area contributed by atoms with Crippen LogP contribution >= 0.6 is 11.8 Å². The minimum absolute atomic E-state index is 0.0542. The van der Waals surface area contributed by atoms with Crippen LogP contribution in [-0.2, 0) is 17.9 Å². The van der Waals surface area contributed by atoms with Crippen molar-refractivity contribution in [1.29, 1.82) is 0 Å². The molecule has 0 heterocycles. The number of ether oxygens (including phenoxy) is 3. The van der Waals surface area contributed by atoms with Gasteiger partial charge < -0.3 is 19.5 Å². The van der Waals surface area contributed by atoms with Crippen molar-refractivity contribution in [3.05, 3.63) is 83.7 Å². The van der Waals surface area contributed by atoms with Crippen molar-refractivity contribution < 1.29 is 23.4 Å². The van der Waals surface area contributed by atoms with Crippen LogP contribution in [0.5, 0.6) is 17.2 Å². The maximum atomic E-state index is 13.0. The average molecular weight is 456 g/mol. The number of amides is 1. The Kier molecular flexibility index (Phi) is 8.39. The first kappa shape index (κ1) is 23.5. The van der Waals surface area contributed by atoms with E-state index in [1.165, 1.54) is 23.9 Å². The lowest BCUT2D eigenvalue weighted by Crippen LogP contribution is -2.30. The van der Waals surface area contributed by atoms with Crippen LogP contribution in [0.3, 0.4) is 0 Å². The predicted octanol–water partition coefficient (Wildman–Crippen LogP) is 5.22. The fraction of sp³-hybridized carbons (Fsp3) is 0.240. The van der Waals surface area contributed by atoms with E-state index in [-0.39, 0.29) is 17.0 Å². The van der Waals surface area contributed by atoms with Gasteiger partial charge in [-0.2, -0.15) is 0 Å². The molecule has 3 aromatic carbocycles. The summed E-state index contributed by atoms with van der Waals surface area (Å²) in [7, 11) is 3.17. The predicted molar refractivity (Wildman–Crippen MR) is 124 cm³/mol. The molecule has 3 aromatic rings. The molecule has 1 amide bonds. The molecule has 168 valence electrons. The first-order valence-electron chi connectivity index (χ1n) is 10.1. The molecule has 0 radical (unpaired) electrons. The number of methoxy groups -OCH3 is 2. The van der Waals surface area contributed by atoms with Crippen molar-refractivity contribution in [1.82, 2.24) is 5.32 Å². The smallest absolute Gasteiger partial charge is 0.233 e. The Hall–Kier alpha value is -3.19. The van der Waals surface area contributed by atoms with Gasteiger partial charge in [-0.1, -0.05) is 24.3 Å². The van der Waals surface area contributed by atoms with E-state index >= 15 is 0 Å². The number of carbonyl (C=O) groups excluding carboxylic acids is 1. The molecular formula is C25H26FNO4S. The third kappa shape index (κ3) is 6.65. The number of benzene rings is 3. The minimum Gasteiger partial charge on any atom is -0.493 e. The fourth-order valence-corrected chi connectivity index (χ4v) is 3.85. The van der Waals surface area contributed by atoms with Gasteiger partial charge >= 0.3 is 0 Å². The number of hydrogen-bond acceptors (Lipinski definition) is 5. The first-order valence-corrected chi connectivity index (χ1v) is 11.0. The largest absolute Gasteiger partial charge is 0.493 e. The Morgan fingerprint density at radius 1 is 0.938 bits per heavy atom. The molecule has 0 fully saturated rings. The number of thioether (sulfide) groups is 1. The van der Waals surface area contributed by atoms with Gasteiger partial charge in [-0.05, 0) is 60.5 Å². The van der Waals surface area contributed by atoms with Crippen LogP contribution in [0.4, 0.5) is 4.39 Å². The second-order valence-corrected chi connectivity index (χ2v) is 8.47. The van der Waals surface area contributed by atoms with Gasteiger partial charge in [0, 0.05) is 11.4 Å². The van der Waals surface area contributed by atoms with E-state index < -0.39 is 0 Å². The lowest BCUT2D eigenvalue weighted by atomic mass is 10.2. The highest BCUT2D eigenvalue weighted by molar-refractivity contribution is 8.00. The summed E-state index contributed by atoms with van der Waals surface area (Å²) in [6, 6.07) is 19.3. The lowest BCUT2D eigenvalue weighted by Gasteiger charge is -2.14. The van der Waals surface area contributed by atoms with Gasteiger partial charge in [0.2, 0.25) is 5.91 Å². The number of hydrogen-bond donors (Lipinski definition) is 1. The average Bonchev–Trinajstić information content (AvgIpc) is 2.82. The molecule has 0 saturated carbocycles. The molecule has 1 atom stereocenters. The van der Waals surface area contributed by atoms with Crippen LogP contribution < -0.4 is 19.5 Å². The summed E-state index contributed by atoms with van der Waals surface area (Å²) in [5.41, 5.74) is 1.86. The summed E-state index contributed by atoms with van der Waals surface area (Å²) in [4.78, 5) is 13.4. The third-order valence-corrected chi connectivity index (χ3v) is 5.84. The van der Waals surface area contributed by atoms with Gasteiger partial charge in [0.05, 0.1) is 19.5 Å². The van der Waals surface area contributed by atoms with Crippen LogP contribution in [-0.4, -0.2) is 25.4 Å². The van der Waals surface area contributed by atoms with Crippen LogP contribution in [0.15, 0.2) is 71.6 Å². The van der Waals surface area contributed by atoms with Gasteiger partial charge in [-0.25, -0.2) is 4.39 Å².